The molecule has 34 heavy (non-hydrogen) atoms. The van der Waals surface area contributed by atoms with Gasteiger partial charge in [0, 0.05) is 55.3 Å². The summed E-state index contributed by atoms with van der Waals surface area (Å²) >= 11 is 1.65. The first-order valence-corrected chi connectivity index (χ1v) is 13.8. The highest BCUT2D eigenvalue weighted by molar-refractivity contribution is 7.13. The molecule has 5 aliphatic rings. The summed E-state index contributed by atoms with van der Waals surface area (Å²) in [5, 5.41) is 6.28. The summed E-state index contributed by atoms with van der Waals surface area (Å²) < 4.78 is 0. The molecule has 180 valence electrons. The fourth-order valence-corrected chi connectivity index (χ4v) is 8.09. The van der Waals surface area contributed by atoms with E-state index in [2.05, 4.69) is 15.2 Å². The van der Waals surface area contributed by atoms with Crippen LogP contribution in [0.4, 0.5) is 5.13 Å². The van der Waals surface area contributed by atoms with Crippen LogP contribution in [0.15, 0.2) is 35.8 Å². The minimum atomic E-state index is -0.107. The molecule has 4 bridgehead atoms. The second-order valence-corrected chi connectivity index (χ2v) is 11.9. The Kier molecular flexibility index (Phi) is 5.84. The highest BCUT2D eigenvalue weighted by atomic mass is 32.1. The first-order chi connectivity index (χ1) is 16.6. The largest absolute Gasteiger partial charge is 0.352 e. The van der Waals surface area contributed by atoms with Crippen LogP contribution in [-0.4, -0.2) is 47.9 Å². The molecule has 4 saturated carbocycles. The second-order valence-electron chi connectivity index (χ2n) is 11.0. The zero-order valence-electron chi connectivity index (χ0n) is 19.7. The van der Waals surface area contributed by atoms with Crippen LogP contribution in [0.2, 0.25) is 0 Å². The van der Waals surface area contributed by atoms with Gasteiger partial charge in [-0.2, -0.15) is 0 Å². The van der Waals surface area contributed by atoms with Gasteiger partial charge < -0.3 is 15.1 Å². The van der Waals surface area contributed by atoms with Gasteiger partial charge in [-0.25, -0.2) is 4.98 Å². The van der Waals surface area contributed by atoms with E-state index in [1.807, 2.05) is 40.7 Å². The van der Waals surface area contributed by atoms with Crippen LogP contribution in [0.1, 0.15) is 60.9 Å². The first kappa shape index (κ1) is 22.1. The molecule has 2 heterocycles. The zero-order valence-corrected chi connectivity index (χ0v) is 20.6. The summed E-state index contributed by atoms with van der Waals surface area (Å²) in [6.45, 7) is 3.76. The maximum absolute atomic E-state index is 13.2. The van der Waals surface area contributed by atoms with E-state index < -0.39 is 0 Å². The summed E-state index contributed by atoms with van der Waals surface area (Å²) in [6.07, 6.45) is 10.1. The number of hydrogen-bond acceptors (Lipinski definition) is 5. The monoisotopic (exact) mass is 478 g/mol. The summed E-state index contributed by atoms with van der Waals surface area (Å²) in [5.41, 5.74) is 1.67. The summed E-state index contributed by atoms with van der Waals surface area (Å²) in [6, 6.07) is 7.82. The van der Waals surface area contributed by atoms with Gasteiger partial charge in [0.1, 0.15) is 0 Å². The fraction of sp³-hybridized carbons (Fsp3) is 0.593. The normalized spacial score (nSPS) is 30.3. The van der Waals surface area contributed by atoms with Gasteiger partial charge in [-0.1, -0.05) is 12.1 Å². The van der Waals surface area contributed by atoms with Crippen LogP contribution >= 0.6 is 11.3 Å². The van der Waals surface area contributed by atoms with Crippen LogP contribution in [0, 0.1) is 23.2 Å². The molecule has 1 aromatic carbocycles. The van der Waals surface area contributed by atoms with Gasteiger partial charge in [0.2, 0.25) is 5.91 Å². The number of hydrogen-bond donors (Lipinski definition) is 1. The van der Waals surface area contributed by atoms with Crippen molar-refractivity contribution < 1.29 is 9.59 Å². The topological polar surface area (TPSA) is 65.5 Å². The Labute approximate surface area is 205 Å². The zero-order chi connectivity index (χ0) is 23.1. The lowest BCUT2D eigenvalue weighted by Gasteiger charge is -2.55. The van der Waals surface area contributed by atoms with E-state index in [4.69, 9.17) is 0 Å². The number of carbonyl (C=O) groups excluding carboxylic acids is 2. The highest BCUT2D eigenvalue weighted by Crippen LogP contribution is 2.60. The molecule has 7 heteroatoms. The Balaban J connectivity index is 1.04. The van der Waals surface area contributed by atoms with Crippen molar-refractivity contribution in [3.8, 4) is 0 Å². The van der Waals surface area contributed by atoms with E-state index in [1.54, 1.807) is 11.3 Å². The van der Waals surface area contributed by atoms with Crippen molar-refractivity contribution in [2.24, 2.45) is 23.2 Å². The molecule has 0 atom stereocenters. The van der Waals surface area contributed by atoms with E-state index in [1.165, 1.54) is 19.3 Å². The number of carbonyl (C=O) groups is 2. The lowest BCUT2D eigenvalue weighted by Crippen LogP contribution is -2.53. The smallest absolute Gasteiger partial charge is 0.253 e. The number of thiazole rings is 1. The Morgan fingerprint density at radius 2 is 1.68 bits per heavy atom. The van der Waals surface area contributed by atoms with Crippen molar-refractivity contribution in [3.63, 3.8) is 0 Å². The molecule has 2 aromatic rings. The molecule has 5 fully saturated rings. The molecule has 1 N–H and O–H groups in total. The number of amides is 2. The molecule has 1 saturated heterocycles. The highest BCUT2D eigenvalue weighted by Gasteiger charge is 2.54. The van der Waals surface area contributed by atoms with Crippen LogP contribution < -0.4 is 10.2 Å². The fourth-order valence-electron chi connectivity index (χ4n) is 7.39. The number of anilines is 1. The quantitative estimate of drug-likeness (QED) is 0.695. The van der Waals surface area contributed by atoms with E-state index >= 15 is 0 Å². The Bertz CT molecular complexity index is 1000. The Morgan fingerprint density at radius 1 is 0.971 bits per heavy atom. The molecule has 4 aliphatic carbocycles. The Hall–Kier alpha value is -2.41. The van der Waals surface area contributed by atoms with Crippen LogP contribution in [0.25, 0.3) is 0 Å². The van der Waals surface area contributed by atoms with Gasteiger partial charge in [-0.05, 0) is 80.4 Å². The molecule has 1 aromatic heterocycles. The first-order valence-electron chi connectivity index (χ1n) is 12.9. The number of rotatable bonds is 5. The average Bonchev–Trinajstić information content (AvgIpc) is 3.26. The van der Waals surface area contributed by atoms with Crippen molar-refractivity contribution >= 4 is 28.3 Å². The third-order valence-corrected chi connectivity index (χ3v) is 9.48. The van der Waals surface area contributed by atoms with Crippen molar-refractivity contribution in [1.29, 1.82) is 0 Å². The summed E-state index contributed by atoms with van der Waals surface area (Å²) in [4.78, 5) is 35.0. The second kappa shape index (κ2) is 8.99. The minimum absolute atomic E-state index is 0.0881. The molecule has 7 rings (SSSR count). The van der Waals surface area contributed by atoms with E-state index in [9.17, 15) is 9.59 Å². The molecule has 0 unspecified atom stereocenters. The molecule has 0 spiro atoms. The van der Waals surface area contributed by atoms with Crippen molar-refractivity contribution in [2.45, 2.75) is 51.5 Å². The maximum atomic E-state index is 13.2. The van der Waals surface area contributed by atoms with Gasteiger partial charge >= 0.3 is 0 Å². The van der Waals surface area contributed by atoms with E-state index in [-0.39, 0.29) is 17.2 Å². The number of nitrogens with zero attached hydrogens (tertiary/aromatic N) is 3. The third-order valence-electron chi connectivity index (χ3n) is 8.65. The van der Waals surface area contributed by atoms with Crippen LogP contribution in [0.3, 0.4) is 0 Å². The van der Waals surface area contributed by atoms with Gasteiger partial charge in [-0.3, -0.25) is 9.59 Å². The Morgan fingerprint density at radius 3 is 2.32 bits per heavy atom. The van der Waals surface area contributed by atoms with Gasteiger partial charge in [-0.15, -0.1) is 11.3 Å². The lowest BCUT2D eigenvalue weighted by atomic mass is 9.49. The molecule has 6 nitrogen and oxygen atoms in total. The van der Waals surface area contributed by atoms with E-state index in [0.717, 1.165) is 79.3 Å². The van der Waals surface area contributed by atoms with Crippen LogP contribution in [0.5, 0.6) is 0 Å². The molecule has 1 aliphatic heterocycles. The van der Waals surface area contributed by atoms with Crippen molar-refractivity contribution in [3.05, 3.63) is 47.0 Å². The van der Waals surface area contributed by atoms with Crippen LogP contribution in [-0.2, 0) is 11.3 Å². The van der Waals surface area contributed by atoms with Crippen molar-refractivity contribution in [1.82, 2.24) is 15.2 Å². The summed E-state index contributed by atoms with van der Waals surface area (Å²) in [5.74, 6) is 2.67. The average molecular weight is 479 g/mol. The van der Waals surface area contributed by atoms with E-state index in [0.29, 0.717) is 13.1 Å². The number of aromatic nitrogens is 1. The molecule has 0 radical (unpaired) electrons. The molecule has 2 amide bonds. The van der Waals surface area contributed by atoms with Gasteiger partial charge in [0.25, 0.3) is 5.91 Å². The predicted octanol–water partition coefficient (Wildman–Crippen LogP) is 4.33. The van der Waals surface area contributed by atoms with Gasteiger partial charge in [0.15, 0.2) is 5.13 Å². The maximum Gasteiger partial charge on any atom is 0.253 e. The minimum Gasteiger partial charge on any atom is -0.352 e. The van der Waals surface area contributed by atoms with Gasteiger partial charge in [0.05, 0.1) is 0 Å². The molecular weight excluding hydrogens is 444 g/mol. The third kappa shape index (κ3) is 4.23. The standard InChI is InChI=1S/C27H34N4O2S/c32-24(30-7-1-8-31(10-9-30)26-28-6-11-34-26)23-4-2-19(3-5-23)18-29-25(33)27-15-20-12-21(16-27)14-22(13-20)17-27/h2-6,11,20-22H,1,7-10,12-18H2,(H,29,33). The summed E-state index contributed by atoms with van der Waals surface area (Å²) in [7, 11) is 0. The van der Waals surface area contributed by atoms with Crippen molar-refractivity contribution in [2.75, 3.05) is 31.1 Å². The molecular formula is C27H34N4O2S. The predicted molar refractivity (Wildman–Crippen MR) is 134 cm³/mol. The number of nitrogens with one attached hydrogen (secondary N) is 1. The number of benzene rings is 1. The SMILES string of the molecule is O=C(c1ccc(CNC(=O)C23CC4CC(CC(C4)C2)C3)cc1)N1CCCN(c2nccs2)CC1. The lowest BCUT2D eigenvalue weighted by molar-refractivity contribution is -0.146.